The van der Waals surface area contributed by atoms with Crippen molar-refractivity contribution in [3.05, 3.63) is 47.7 Å². The summed E-state index contributed by atoms with van der Waals surface area (Å²) in [7, 11) is -3.75. The number of nitrogens with one attached hydrogen (secondary N) is 1. The van der Waals surface area contributed by atoms with E-state index < -0.39 is 16.1 Å². The first-order chi connectivity index (χ1) is 14.4. The van der Waals surface area contributed by atoms with Gasteiger partial charge in [-0.3, -0.25) is 0 Å². The molecule has 1 aromatic heterocycles. The van der Waals surface area contributed by atoms with Crippen LogP contribution in [0.3, 0.4) is 0 Å². The fourth-order valence-corrected chi connectivity index (χ4v) is 5.41. The number of nitrogens with zero attached hydrogens (tertiary/aromatic N) is 4. The van der Waals surface area contributed by atoms with E-state index in [0.29, 0.717) is 55.0 Å². The normalized spacial score (nSPS) is 16.8. The van der Waals surface area contributed by atoms with E-state index in [0.717, 1.165) is 0 Å². The second-order valence-corrected chi connectivity index (χ2v) is 9.15. The van der Waals surface area contributed by atoms with Gasteiger partial charge in [-0.2, -0.15) is 5.26 Å². The van der Waals surface area contributed by atoms with Gasteiger partial charge in [0.2, 0.25) is 0 Å². The molecular formula is C20H21N5O4S. The molecule has 1 saturated heterocycles. The molecule has 156 valence electrons. The van der Waals surface area contributed by atoms with Crippen molar-refractivity contribution in [3.63, 3.8) is 0 Å². The van der Waals surface area contributed by atoms with Crippen molar-refractivity contribution in [2.75, 3.05) is 29.3 Å². The molecule has 2 aliphatic heterocycles. The lowest BCUT2D eigenvalue weighted by Gasteiger charge is -2.31. The minimum atomic E-state index is -3.75. The molecule has 2 N–H and O–H groups in total. The van der Waals surface area contributed by atoms with Gasteiger partial charge in [0.15, 0.2) is 0 Å². The third kappa shape index (κ3) is 3.52. The zero-order valence-corrected chi connectivity index (χ0v) is 17.0. The van der Waals surface area contributed by atoms with Gasteiger partial charge in [-0.25, -0.2) is 22.5 Å². The summed E-state index contributed by atoms with van der Waals surface area (Å²) in [4.78, 5) is 17.0. The number of hydrogen-bond acceptors (Lipinski definition) is 6. The molecule has 1 fully saturated rings. The van der Waals surface area contributed by atoms with Crippen LogP contribution in [0.1, 0.15) is 24.0 Å². The monoisotopic (exact) mass is 427 g/mol. The number of carbonyl (C=O) groups is 1. The van der Waals surface area contributed by atoms with Gasteiger partial charge >= 0.3 is 6.09 Å². The Hall–Kier alpha value is -3.32. The number of piperidine rings is 1. The lowest BCUT2D eigenvalue weighted by atomic mass is 10.0. The van der Waals surface area contributed by atoms with Crippen LogP contribution >= 0.6 is 0 Å². The Bertz CT molecular complexity index is 1110. The summed E-state index contributed by atoms with van der Waals surface area (Å²) in [5, 5.41) is 22.0. The predicted octanol–water partition coefficient (Wildman–Crippen LogP) is 2.26. The number of fused-ring (bicyclic) bond motifs is 1. The van der Waals surface area contributed by atoms with E-state index in [1.54, 1.807) is 30.3 Å². The molecule has 3 heterocycles. The van der Waals surface area contributed by atoms with Crippen LogP contribution in [0, 0.1) is 11.3 Å². The Balaban J connectivity index is 1.63. The average molecular weight is 427 g/mol. The number of nitriles is 1. The van der Waals surface area contributed by atoms with E-state index in [1.807, 2.05) is 0 Å². The molecule has 0 saturated carbocycles. The molecule has 1 aromatic carbocycles. The largest absolute Gasteiger partial charge is 0.465 e. The zero-order chi connectivity index (χ0) is 21.3. The van der Waals surface area contributed by atoms with Crippen molar-refractivity contribution in [2.24, 2.45) is 0 Å². The first kappa shape index (κ1) is 20.0. The minimum absolute atomic E-state index is 0.000944. The second kappa shape index (κ2) is 7.84. The highest BCUT2D eigenvalue weighted by atomic mass is 32.2. The maximum absolute atomic E-state index is 13.1. The van der Waals surface area contributed by atoms with Crippen molar-refractivity contribution in [3.8, 4) is 6.07 Å². The quantitative estimate of drug-likeness (QED) is 0.766. The van der Waals surface area contributed by atoms with Crippen LogP contribution in [-0.4, -0.2) is 55.2 Å². The van der Waals surface area contributed by atoms with E-state index in [-0.39, 0.29) is 17.5 Å². The van der Waals surface area contributed by atoms with E-state index in [9.17, 15) is 18.5 Å². The minimum Gasteiger partial charge on any atom is -0.465 e. The topological polar surface area (TPSA) is 127 Å². The fraction of sp³-hybridized carbons (Fsp3) is 0.350. The standard InChI is InChI=1S/C20H21N5O4S/c21-12-14-13-22-19-17(18(14)23-15-6-9-24(10-7-15)20(26)27)8-11-25(19)30(28,29)16-4-2-1-3-5-16/h1-5,13,15H,6-11H2,(H,22,23)(H,26,27). The van der Waals surface area contributed by atoms with Crippen molar-refractivity contribution in [2.45, 2.75) is 30.2 Å². The Labute approximate surface area is 174 Å². The molecule has 1 amide bonds. The van der Waals surface area contributed by atoms with Crippen LogP contribution in [0.4, 0.5) is 16.3 Å². The molecule has 0 radical (unpaired) electrons. The Kier molecular flexibility index (Phi) is 5.22. The number of benzene rings is 1. The summed E-state index contributed by atoms with van der Waals surface area (Å²) < 4.78 is 27.5. The van der Waals surface area contributed by atoms with Crippen molar-refractivity contribution < 1.29 is 18.3 Å². The van der Waals surface area contributed by atoms with Crippen LogP contribution in [0.2, 0.25) is 0 Å². The van der Waals surface area contributed by atoms with Crippen LogP contribution < -0.4 is 9.62 Å². The first-order valence-corrected chi connectivity index (χ1v) is 11.1. The average Bonchev–Trinajstić information content (AvgIpc) is 3.20. The Morgan fingerprint density at radius 2 is 1.90 bits per heavy atom. The number of rotatable bonds is 4. The van der Waals surface area contributed by atoms with E-state index in [1.165, 1.54) is 15.4 Å². The molecule has 0 aliphatic carbocycles. The van der Waals surface area contributed by atoms with Crippen LogP contribution in [0.5, 0.6) is 0 Å². The van der Waals surface area contributed by atoms with Crippen LogP contribution in [0.15, 0.2) is 41.4 Å². The maximum Gasteiger partial charge on any atom is 0.407 e. The van der Waals surface area contributed by atoms with E-state index in [4.69, 9.17) is 5.11 Å². The number of amides is 1. The van der Waals surface area contributed by atoms with Gasteiger partial charge in [0.05, 0.1) is 16.1 Å². The third-order valence-corrected chi connectivity index (χ3v) is 7.33. The second-order valence-electron chi connectivity index (χ2n) is 7.29. The zero-order valence-electron chi connectivity index (χ0n) is 16.2. The molecule has 9 nitrogen and oxygen atoms in total. The number of pyridine rings is 1. The Morgan fingerprint density at radius 3 is 2.53 bits per heavy atom. The number of hydrogen-bond donors (Lipinski definition) is 2. The molecule has 2 aliphatic rings. The molecule has 30 heavy (non-hydrogen) atoms. The predicted molar refractivity (Wildman–Crippen MR) is 110 cm³/mol. The van der Waals surface area contributed by atoms with Gasteiger partial charge in [0.1, 0.15) is 11.9 Å². The van der Waals surface area contributed by atoms with Crippen LogP contribution in [0.25, 0.3) is 0 Å². The first-order valence-electron chi connectivity index (χ1n) is 9.66. The van der Waals surface area contributed by atoms with Crippen molar-refractivity contribution in [1.29, 1.82) is 5.26 Å². The van der Waals surface area contributed by atoms with Gasteiger partial charge in [-0.05, 0) is 31.4 Å². The molecule has 2 aromatic rings. The highest BCUT2D eigenvalue weighted by Gasteiger charge is 2.35. The summed E-state index contributed by atoms with van der Waals surface area (Å²) in [5.74, 6) is 0.336. The highest BCUT2D eigenvalue weighted by Crippen LogP contribution is 2.37. The number of aromatic nitrogens is 1. The molecule has 0 spiro atoms. The molecule has 0 bridgehead atoms. The smallest absolute Gasteiger partial charge is 0.407 e. The molecule has 4 rings (SSSR count). The number of anilines is 2. The van der Waals surface area contributed by atoms with Gasteiger partial charge < -0.3 is 15.3 Å². The van der Waals surface area contributed by atoms with Gasteiger partial charge in [0.25, 0.3) is 10.0 Å². The molecule has 0 unspecified atom stereocenters. The fourth-order valence-electron chi connectivity index (χ4n) is 3.94. The molecule has 10 heteroatoms. The van der Waals surface area contributed by atoms with E-state index in [2.05, 4.69) is 16.4 Å². The van der Waals surface area contributed by atoms with Gasteiger partial charge in [0, 0.05) is 37.4 Å². The lowest BCUT2D eigenvalue weighted by molar-refractivity contribution is 0.134. The summed E-state index contributed by atoms with van der Waals surface area (Å²) >= 11 is 0. The van der Waals surface area contributed by atoms with Crippen molar-refractivity contribution >= 4 is 27.6 Å². The lowest BCUT2D eigenvalue weighted by Crippen LogP contribution is -2.41. The SMILES string of the molecule is N#Cc1cnc2c(c1NC1CCN(C(=O)O)CC1)CCN2S(=O)(=O)c1ccccc1. The van der Waals surface area contributed by atoms with Gasteiger partial charge in [-0.15, -0.1) is 0 Å². The Morgan fingerprint density at radius 1 is 1.20 bits per heavy atom. The van der Waals surface area contributed by atoms with E-state index >= 15 is 0 Å². The summed E-state index contributed by atoms with van der Waals surface area (Å²) in [6.45, 7) is 1.08. The summed E-state index contributed by atoms with van der Waals surface area (Å²) in [5.41, 5.74) is 1.66. The summed E-state index contributed by atoms with van der Waals surface area (Å²) in [6.07, 6.45) is 2.13. The van der Waals surface area contributed by atoms with Crippen LogP contribution in [-0.2, 0) is 16.4 Å². The van der Waals surface area contributed by atoms with Crippen molar-refractivity contribution in [1.82, 2.24) is 9.88 Å². The van der Waals surface area contributed by atoms with Gasteiger partial charge in [-0.1, -0.05) is 18.2 Å². The number of carboxylic acid groups (broad SMARTS) is 1. The third-order valence-electron chi connectivity index (χ3n) is 5.52. The number of likely N-dealkylation sites (tertiary alicyclic amines) is 1. The number of sulfonamides is 1. The molecule has 0 atom stereocenters. The molecular weight excluding hydrogens is 406 g/mol. The summed E-state index contributed by atoms with van der Waals surface area (Å²) in [6, 6.07) is 10.3. The maximum atomic E-state index is 13.1. The highest BCUT2D eigenvalue weighted by molar-refractivity contribution is 7.92.